The van der Waals surface area contributed by atoms with Crippen molar-refractivity contribution in [1.29, 1.82) is 0 Å². The van der Waals surface area contributed by atoms with Gasteiger partial charge in [0.05, 0.1) is 42.8 Å². The summed E-state index contributed by atoms with van der Waals surface area (Å²) in [6.07, 6.45) is 7.01. The number of ether oxygens (including phenoxy) is 3. The van der Waals surface area contributed by atoms with Crippen LogP contribution in [0.5, 0.6) is 5.75 Å². The molecule has 0 aromatic heterocycles. The molecule has 2 amide bonds. The normalized spacial score (nSPS) is 30.9. The smallest absolute Gasteiger partial charge is 0.331 e. The lowest BCUT2D eigenvalue weighted by Crippen LogP contribution is -2.56. The summed E-state index contributed by atoms with van der Waals surface area (Å²) in [5, 5.41) is 12.7. The Hall–Kier alpha value is -3.65. The molecular formula is C40H52ClN3O9S. The van der Waals surface area contributed by atoms with Crippen molar-refractivity contribution in [2.75, 3.05) is 38.8 Å². The van der Waals surface area contributed by atoms with E-state index in [4.69, 9.17) is 25.8 Å². The number of esters is 1. The van der Waals surface area contributed by atoms with Gasteiger partial charge in [-0.15, -0.1) is 0 Å². The second kappa shape index (κ2) is 15.8. The zero-order valence-electron chi connectivity index (χ0n) is 31.6. The van der Waals surface area contributed by atoms with Gasteiger partial charge in [-0.25, -0.2) is 17.9 Å². The Balaban J connectivity index is 1.43. The van der Waals surface area contributed by atoms with E-state index in [2.05, 4.69) is 21.0 Å². The number of aliphatic hydroxyl groups excluding tert-OH is 1. The van der Waals surface area contributed by atoms with Gasteiger partial charge in [0.25, 0.3) is 5.91 Å². The number of allylic oxidation sites excluding steroid dienone is 1. The zero-order valence-corrected chi connectivity index (χ0v) is 33.2. The van der Waals surface area contributed by atoms with Gasteiger partial charge in [-0.05, 0) is 112 Å². The number of anilines is 1. The monoisotopic (exact) mass is 785 g/mol. The van der Waals surface area contributed by atoms with Gasteiger partial charge in [0.15, 0.2) is 6.04 Å². The van der Waals surface area contributed by atoms with Crippen molar-refractivity contribution in [2.45, 2.75) is 94.1 Å². The molecule has 0 saturated heterocycles. The van der Waals surface area contributed by atoms with Crippen LogP contribution >= 0.6 is 11.6 Å². The van der Waals surface area contributed by atoms with Crippen LogP contribution in [0.1, 0.15) is 80.8 Å². The van der Waals surface area contributed by atoms with Gasteiger partial charge in [-0.2, -0.15) is 0 Å². The summed E-state index contributed by atoms with van der Waals surface area (Å²) in [7, 11) is -1.33. The summed E-state index contributed by atoms with van der Waals surface area (Å²) in [5.74, 6) is -1.89. The lowest BCUT2D eigenvalue weighted by molar-refractivity contribution is -0.149. The number of hydrogen-bond donors (Lipinski definition) is 3. The SMILES string of the molecule is COC(=O)[C@H](NC(=O)C[C@]1(OC)/C=C/C[C@H](C)[C@@H](C)S(=O)(=O)NC(=O)c2ccc3c(c2)N(C[C@@H]2CC[C@H]21)C[C@@]1(CCCc2cc(Cl)ccc21)CO3)C(C)O. The van der Waals surface area contributed by atoms with Crippen molar-refractivity contribution in [3.8, 4) is 5.75 Å². The molecule has 6 rings (SSSR count). The zero-order chi connectivity index (χ0) is 39.0. The van der Waals surface area contributed by atoms with E-state index >= 15 is 0 Å². The molecule has 8 atom stereocenters. The van der Waals surface area contributed by atoms with Gasteiger partial charge in [0.1, 0.15) is 5.75 Å². The molecule has 2 aliphatic heterocycles. The number of amides is 2. The summed E-state index contributed by atoms with van der Waals surface area (Å²) in [4.78, 5) is 42.1. The quantitative estimate of drug-likeness (QED) is 0.277. The Morgan fingerprint density at radius 1 is 1.17 bits per heavy atom. The third-order valence-electron chi connectivity index (χ3n) is 12.3. The first-order chi connectivity index (χ1) is 25.6. The van der Waals surface area contributed by atoms with Crippen LogP contribution in [0.2, 0.25) is 5.02 Å². The fraction of sp³-hybridized carbons (Fsp3) is 0.575. The average molecular weight is 786 g/mol. The van der Waals surface area contributed by atoms with Gasteiger partial charge < -0.3 is 29.5 Å². The third-order valence-corrected chi connectivity index (χ3v) is 14.5. The third kappa shape index (κ3) is 7.87. The van der Waals surface area contributed by atoms with E-state index in [9.17, 15) is 27.9 Å². The Kier molecular flexibility index (Phi) is 11.7. The lowest BCUT2D eigenvalue weighted by atomic mass is 9.62. The molecular weight excluding hydrogens is 734 g/mol. The molecule has 2 heterocycles. The highest BCUT2D eigenvalue weighted by Gasteiger charge is 2.50. The molecule has 1 saturated carbocycles. The molecule has 1 spiro atoms. The van der Waals surface area contributed by atoms with Crippen molar-refractivity contribution >= 4 is 45.1 Å². The Morgan fingerprint density at radius 2 is 1.94 bits per heavy atom. The Bertz CT molecular complexity index is 1900. The molecule has 2 bridgehead atoms. The number of hydrogen-bond acceptors (Lipinski definition) is 10. The van der Waals surface area contributed by atoms with Crippen LogP contribution in [0.25, 0.3) is 0 Å². The van der Waals surface area contributed by atoms with Crippen LogP contribution in [0.4, 0.5) is 5.69 Å². The second-order valence-corrected chi connectivity index (χ2v) is 18.1. The maximum atomic E-state index is 13.8. The first-order valence-electron chi connectivity index (χ1n) is 18.8. The summed E-state index contributed by atoms with van der Waals surface area (Å²) in [6.45, 7) is 6.29. The average Bonchev–Trinajstić information content (AvgIpc) is 3.27. The molecule has 54 heavy (non-hydrogen) atoms. The minimum atomic E-state index is -4.08. The number of aliphatic hydroxyl groups is 1. The van der Waals surface area contributed by atoms with Crippen LogP contribution in [0.15, 0.2) is 48.6 Å². The van der Waals surface area contributed by atoms with Crippen LogP contribution in [-0.2, 0) is 40.9 Å². The fourth-order valence-electron chi connectivity index (χ4n) is 8.81. The number of carbonyl (C=O) groups is 3. The van der Waals surface area contributed by atoms with E-state index < -0.39 is 62.1 Å². The second-order valence-electron chi connectivity index (χ2n) is 15.7. The minimum Gasteiger partial charge on any atom is -0.490 e. The van der Waals surface area contributed by atoms with Crippen molar-refractivity contribution in [1.82, 2.24) is 10.0 Å². The number of aryl methyl sites for hydroxylation is 1. The van der Waals surface area contributed by atoms with Gasteiger partial charge in [0, 0.05) is 36.2 Å². The molecule has 2 aromatic rings. The summed E-state index contributed by atoms with van der Waals surface area (Å²) in [5.41, 5.74) is 1.74. The predicted octanol–water partition coefficient (Wildman–Crippen LogP) is 4.70. The standard InChI is InChI=1S/C40H52ClN3O9S/c1-24-8-6-17-40(52-5,20-35(46)42-36(25(2)45)38(48)51-4)32-13-10-29(32)21-44-22-39(16-7-9-27-18-30(41)12-14-31(27)39)23-53-34-15-11-28(19-33(34)44)37(47)43-54(49,50)26(24)3/h6,11-12,14-15,17-19,24-26,29,32,36,45H,7-10,13,16,20-23H2,1-5H3,(H,42,46)(H,43,47)/b17-6+/t24-,25?,26+,29-,32+,36+,39-,40+/m0/s1. The lowest BCUT2D eigenvalue weighted by Gasteiger charge is -2.50. The van der Waals surface area contributed by atoms with E-state index in [1.54, 1.807) is 39.2 Å². The Labute approximate surface area is 323 Å². The fourth-order valence-corrected chi connectivity index (χ4v) is 10.3. The molecule has 3 N–H and O–H groups in total. The topological polar surface area (TPSA) is 161 Å². The number of sulfonamides is 1. The highest BCUT2D eigenvalue weighted by molar-refractivity contribution is 7.90. The summed E-state index contributed by atoms with van der Waals surface area (Å²) in [6, 6.07) is 9.84. The molecule has 294 valence electrons. The molecule has 14 heteroatoms. The number of fused-ring (bicyclic) bond motifs is 4. The molecule has 0 radical (unpaired) electrons. The molecule has 1 unspecified atom stereocenters. The maximum Gasteiger partial charge on any atom is 0.331 e. The van der Waals surface area contributed by atoms with Gasteiger partial charge >= 0.3 is 5.97 Å². The maximum absolute atomic E-state index is 13.8. The predicted molar refractivity (Wildman–Crippen MR) is 205 cm³/mol. The van der Waals surface area contributed by atoms with Gasteiger partial charge in [0.2, 0.25) is 15.9 Å². The minimum absolute atomic E-state index is 0.0361. The molecule has 1 fully saturated rings. The number of halogens is 1. The van der Waals surface area contributed by atoms with Crippen LogP contribution in [0, 0.1) is 17.8 Å². The van der Waals surface area contributed by atoms with Crippen molar-refractivity contribution in [3.63, 3.8) is 0 Å². The highest BCUT2D eigenvalue weighted by Crippen LogP contribution is 2.50. The molecule has 4 aliphatic rings. The number of benzene rings is 2. The van der Waals surface area contributed by atoms with E-state index in [0.717, 1.165) is 32.1 Å². The number of nitrogens with zero attached hydrogens (tertiary/aromatic N) is 1. The number of methoxy groups -OCH3 is 2. The molecule has 2 aromatic carbocycles. The number of rotatable bonds is 6. The van der Waals surface area contributed by atoms with Crippen molar-refractivity contribution in [3.05, 3.63) is 70.3 Å². The molecule has 2 aliphatic carbocycles. The first-order valence-corrected chi connectivity index (χ1v) is 20.7. The summed E-state index contributed by atoms with van der Waals surface area (Å²) >= 11 is 6.45. The summed E-state index contributed by atoms with van der Waals surface area (Å²) < 4.78 is 47.2. The van der Waals surface area contributed by atoms with E-state index in [1.165, 1.54) is 25.2 Å². The van der Waals surface area contributed by atoms with Crippen molar-refractivity contribution in [2.24, 2.45) is 17.8 Å². The highest BCUT2D eigenvalue weighted by atomic mass is 35.5. The Morgan fingerprint density at radius 3 is 2.63 bits per heavy atom. The van der Waals surface area contributed by atoms with Crippen LogP contribution in [-0.4, -0.2) is 88.2 Å². The van der Waals surface area contributed by atoms with Crippen LogP contribution < -0.4 is 19.7 Å². The van der Waals surface area contributed by atoms with E-state index in [1.807, 2.05) is 24.3 Å². The number of carbonyl (C=O) groups excluding carboxylic acids is 3. The van der Waals surface area contributed by atoms with Crippen LogP contribution in [0.3, 0.4) is 0 Å². The first kappa shape index (κ1) is 40.0. The van der Waals surface area contributed by atoms with Crippen molar-refractivity contribution < 1.29 is 42.1 Å². The van der Waals surface area contributed by atoms with Gasteiger partial charge in [-0.3, -0.25) is 9.59 Å². The molecule has 12 nitrogen and oxygen atoms in total. The largest absolute Gasteiger partial charge is 0.490 e. The van der Waals surface area contributed by atoms with Gasteiger partial charge in [-0.1, -0.05) is 36.7 Å². The van der Waals surface area contributed by atoms with E-state index in [0.29, 0.717) is 42.6 Å². The number of nitrogens with one attached hydrogen (secondary N) is 2. The van der Waals surface area contributed by atoms with E-state index in [-0.39, 0.29) is 23.8 Å².